The monoisotopic (exact) mass is 574 g/mol. The molecule has 1 aliphatic rings. The first-order valence-corrected chi connectivity index (χ1v) is 11.1. The first-order chi connectivity index (χ1) is 14.9. The number of halogens is 2. The van der Waals surface area contributed by atoms with Crippen LogP contribution in [0, 0.1) is 5.41 Å². The summed E-state index contributed by atoms with van der Waals surface area (Å²) in [5, 5.41) is 11.3. The molecular formula is C22H32ClIN6O2. The molecule has 0 bridgehead atoms. The molecule has 0 atom stereocenters. The number of amides is 1. The van der Waals surface area contributed by atoms with Crippen molar-refractivity contribution < 1.29 is 9.32 Å². The first-order valence-electron chi connectivity index (χ1n) is 10.8. The van der Waals surface area contributed by atoms with Crippen molar-refractivity contribution in [1.82, 2.24) is 25.7 Å². The summed E-state index contributed by atoms with van der Waals surface area (Å²) in [5.74, 6) is 1.95. The second-order valence-corrected chi connectivity index (χ2v) is 8.51. The standard InChI is InChI=1S/C22H31ClN6O2.HI/c1-4-24-21(26-15-22(12-5-6-13-22)20(30)29(2)3)25-14-11-18-27-19(28-31-18)16-7-9-17(23)10-8-16;/h7-10H,4-6,11-15H2,1-3H3,(H2,24,25,26);1H. The summed E-state index contributed by atoms with van der Waals surface area (Å²) in [7, 11) is 3.64. The predicted octanol–water partition coefficient (Wildman–Crippen LogP) is 3.75. The fraction of sp³-hybridized carbons (Fsp3) is 0.545. The fourth-order valence-corrected chi connectivity index (χ4v) is 4.02. The van der Waals surface area contributed by atoms with E-state index in [0.29, 0.717) is 42.2 Å². The second-order valence-electron chi connectivity index (χ2n) is 8.08. The third-order valence-electron chi connectivity index (χ3n) is 5.51. The Hall–Kier alpha value is -1.88. The zero-order valence-electron chi connectivity index (χ0n) is 18.9. The van der Waals surface area contributed by atoms with Gasteiger partial charge in [0.05, 0.1) is 12.0 Å². The van der Waals surface area contributed by atoms with Crippen LogP contribution < -0.4 is 10.6 Å². The van der Waals surface area contributed by atoms with Gasteiger partial charge in [0.15, 0.2) is 5.96 Å². The third kappa shape index (κ3) is 6.81. The maximum atomic E-state index is 12.8. The van der Waals surface area contributed by atoms with Gasteiger partial charge in [0.1, 0.15) is 0 Å². The lowest BCUT2D eigenvalue weighted by molar-refractivity contribution is -0.138. The van der Waals surface area contributed by atoms with Gasteiger partial charge in [-0.05, 0) is 44.0 Å². The minimum atomic E-state index is -0.383. The van der Waals surface area contributed by atoms with Crippen LogP contribution in [0.1, 0.15) is 38.5 Å². The SMILES string of the molecule is CCNC(=NCC1(C(=O)N(C)C)CCCC1)NCCc1nc(-c2ccc(Cl)cc2)no1.I. The van der Waals surface area contributed by atoms with Crippen molar-refractivity contribution in [3.8, 4) is 11.4 Å². The Kier molecular flexibility index (Phi) is 10.2. The molecule has 1 saturated carbocycles. The molecule has 1 aromatic carbocycles. The minimum Gasteiger partial charge on any atom is -0.357 e. The van der Waals surface area contributed by atoms with Crippen LogP contribution in [0.15, 0.2) is 33.8 Å². The maximum Gasteiger partial charge on any atom is 0.230 e. The van der Waals surface area contributed by atoms with Crippen LogP contribution >= 0.6 is 35.6 Å². The topological polar surface area (TPSA) is 95.7 Å². The number of hydrogen-bond donors (Lipinski definition) is 2. The van der Waals surface area contributed by atoms with E-state index in [9.17, 15) is 4.79 Å². The molecule has 1 aliphatic carbocycles. The van der Waals surface area contributed by atoms with Gasteiger partial charge >= 0.3 is 0 Å². The van der Waals surface area contributed by atoms with E-state index in [-0.39, 0.29) is 35.3 Å². The largest absolute Gasteiger partial charge is 0.357 e. The number of guanidine groups is 1. The molecule has 0 saturated heterocycles. The van der Waals surface area contributed by atoms with E-state index in [1.54, 1.807) is 17.0 Å². The molecule has 10 heteroatoms. The van der Waals surface area contributed by atoms with E-state index in [1.165, 1.54) is 0 Å². The van der Waals surface area contributed by atoms with Crippen LogP contribution in [0.25, 0.3) is 11.4 Å². The van der Waals surface area contributed by atoms with Crippen molar-refractivity contribution in [3.05, 3.63) is 35.2 Å². The highest BCUT2D eigenvalue weighted by Crippen LogP contribution is 2.39. The van der Waals surface area contributed by atoms with Crippen LogP contribution in [0.3, 0.4) is 0 Å². The molecule has 1 fully saturated rings. The van der Waals surface area contributed by atoms with Crippen molar-refractivity contribution in [1.29, 1.82) is 0 Å². The molecule has 2 N–H and O–H groups in total. The lowest BCUT2D eigenvalue weighted by atomic mass is 9.85. The molecule has 0 unspecified atom stereocenters. The maximum absolute atomic E-state index is 12.8. The van der Waals surface area contributed by atoms with Gasteiger partial charge in [0.25, 0.3) is 0 Å². The van der Waals surface area contributed by atoms with Gasteiger partial charge in [0.2, 0.25) is 17.6 Å². The Morgan fingerprint density at radius 3 is 2.53 bits per heavy atom. The van der Waals surface area contributed by atoms with E-state index in [2.05, 4.69) is 20.8 Å². The van der Waals surface area contributed by atoms with E-state index < -0.39 is 0 Å². The number of carbonyl (C=O) groups excluding carboxylic acids is 1. The van der Waals surface area contributed by atoms with Crippen LogP contribution in [0.4, 0.5) is 0 Å². The molecule has 0 aliphatic heterocycles. The van der Waals surface area contributed by atoms with Gasteiger partial charge in [-0.15, -0.1) is 24.0 Å². The average Bonchev–Trinajstić information content (AvgIpc) is 3.42. The van der Waals surface area contributed by atoms with Gasteiger partial charge < -0.3 is 20.1 Å². The summed E-state index contributed by atoms with van der Waals surface area (Å²) >= 11 is 5.93. The van der Waals surface area contributed by atoms with Gasteiger partial charge in [-0.1, -0.05) is 29.6 Å². The Balaban J connectivity index is 0.00000363. The number of rotatable bonds is 8. The van der Waals surface area contributed by atoms with Crippen LogP contribution in [0.2, 0.25) is 5.02 Å². The lowest BCUT2D eigenvalue weighted by Gasteiger charge is -2.29. The number of nitrogens with zero attached hydrogens (tertiary/aromatic N) is 4. The van der Waals surface area contributed by atoms with E-state index in [0.717, 1.165) is 37.8 Å². The Labute approximate surface area is 211 Å². The molecule has 8 nitrogen and oxygen atoms in total. The molecule has 3 rings (SSSR count). The van der Waals surface area contributed by atoms with Crippen LogP contribution in [-0.2, 0) is 11.2 Å². The molecule has 0 radical (unpaired) electrons. The number of benzene rings is 1. The summed E-state index contributed by atoms with van der Waals surface area (Å²) in [6, 6.07) is 7.32. The lowest BCUT2D eigenvalue weighted by Crippen LogP contribution is -2.43. The van der Waals surface area contributed by atoms with Crippen LogP contribution in [0.5, 0.6) is 0 Å². The number of aliphatic imine (C=N–C) groups is 1. The highest BCUT2D eigenvalue weighted by Gasteiger charge is 2.42. The summed E-state index contributed by atoms with van der Waals surface area (Å²) in [6.45, 7) is 3.83. The normalized spacial score (nSPS) is 15.2. The molecular weight excluding hydrogens is 543 g/mol. The van der Waals surface area contributed by atoms with E-state index in [4.69, 9.17) is 21.1 Å². The molecule has 0 spiro atoms. The predicted molar refractivity (Wildman–Crippen MR) is 137 cm³/mol. The van der Waals surface area contributed by atoms with Gasteiger partial charge in [0, 0.05) is 44.2 Å². The fourth-order valence-electron chi connectivity index (χ4n) is 3.90. The highest BCUT2D eigenvalue weighted by molar-refractivity contribution is 14.0. The number of hydrogen-bond acceptors (Lipinski definition) is 5. The zero-order valence-corrected chi connectivity index (χ0v) is 21.9. The zero-order chi connectivity index (χ0) is 22.3. The molecule has 1 heterocycles. The summed E-state index contributed by atoms with van der Waals surface area (Å²) in [6.07, 6.45) is 4.50. The minimum absolute atomic E-state index is 0. The van der Waals surface area contributed by atoms with Crippen molar-refractivity contribution >= 4 is 47.4 Å². The molecule has 32 heavy (non-hydrogen) atoms. The number of aromatic nitrogens is 2. The molecule has 2 aromatic rings. The smallest absolute Gasteiger partial charge is 0.230 e. The van der Waals surface area contributed by atoms with E-state index >= 15 is 0 Å². The van der Waals surface area contributed by atoms with Crippen molar-refractivity contribution in [3.63, 3.8) is 0 Å². The van der Waals surface area contributed by atoms with Crippen molar-refractivity contribution in [2.45, 2.75) is 39.0 Å². The average molecular weight is 575 g/mol. The third-order valence-corrected chi connectivity index (χ3v) is 5.76. The van der Waals surface area contributed by atoms with E-state index in [1.807, 2.05) is 33.2 Å². The quantitative estimate of drug-likeness (QED) is 0.283. The Morgan fingerprint density at radius 1 is 1.22 bits per heavy atom. The first kappa shape index (κ1) is 26.4. The summed E-state index contributed by atoms with van der Waals surface area (Å²) < 4.78 is 5.36. The van der Waals surface area contributed by atoms with Gasteiger partial charge in [-0.25, -0.2) is 0 Å². The number of carbonyl (C=O) groups is 1. The molecule has 176 valence electrons. The highest BCUT2D eigenvalue weighted by atomic mass is 127. The van der Waals surface area contributed by atoms with Crippen molar-refractivity contribution in [2.75, 3.05) is 33.7 Å². The van der Waals surface area contributed by atoms with Gasteiger partial charge in [-0.3, -0.25) is 9.79 Å². The molecule has 1 aromatic heterocycles. The Morgan fingerprint density at radius 2 is 1.91 bits per heavy atom. The number of nitrogens with one attached hydrogen (secondary N) is 2. The van der Waals surface area contributed by atoms with Crippen LogP contribution in [-0.4, -0.2) is 60.6 Å². The van der Waals surface area contributed by atoms with Gasteiger partial charge in [-0.2, -0.15) is 4.98 Å². The summed E-state index contributed by atoms with van der Waals surface area (Å²) in [4.78, 5) is 23.6. The molecule has 1 amide bonds. The van der Waals surface area contributed by atoms with Crippen molar-refractivity contribution in [2.24, 2.45) is 10.4 Å². The second kappa shape index (κ2) is 12.4. The Bertz CT molecular complexity index is 894. The summed E-state index contributed by atoms with van der Waals surface area (Å²) in [5.41, 5.74) is 0.473.